The third-order valence-electron chi connectivity index (χ3n) is 6.31. The summed E-state index contributed by atoms with van der Waals surface area (Å²) >= 11 is 0. The number of benzene rings is 2. The van der Waals surface area contributed by atoms with Crippen molar-refractivity contribution in [3.05, 3.63) is 58.7 Å². The Bertz CT molecular complexity index is 1000. The Kier molecular flexibility index (Phi) is 9.69. The van der Waals surface area contributed by atoms with Gasteiger partial charge in [-0.25, -0.2) is 9.98 Å². The number of aliphatic hydroxyl groups excluding tert-OH is 3. The molecule has 0 saturated carbocycles. The van der Waals surface area contributed by atoms with Crippen molar-refractivity contribution < 1.29 is 34.3 Å². The third kappa shape index (κ3) is 6.16. The lowest BCUT2D eigenvalue weighted by atomic mass is 10.1. The predicted octanol–water partition coefficient (Wildman–Crippen LogP) is 2.42. The Morgan fingerprint density at radius 1 is 0.833 bits per heavy atom. The first-order valence-electron chi connectivity index (χ1n) is 12.0. The number of ether oxygens (including phenoxy) is 4. The summed E-state index contributed by atoms with van der Waals surface area (Å²) < 4.78 is 21.6. The molecule has 0 spiro atoms. The summed E-state index contributed by atoms with van der Waals surface area (Å²) in [7, 11) is 3.26. The van der Waals surface area contributed by atoms with Crippen LogP contribution in [0.2, 0.25) is 0 Å². The maximum Gasteiger partial charge on any atom is 0.217 e. The zero-order valence-corrected chi connectivity index (χ0v) is 21.5. The number of hydrogen-bond acceptors (Lipinski definition) is 9. The lowest BCUT2D eigenvalue weighted by Crippen LogP contribution is -2.28. The second-order valence-corrected chi connectivity index (χ2v) is 8.62. The normalized spacial score (nSPS) is 20.2. The summed E-state index contributed by atoms with van der Waals surface area (Å²) in [5.41, 5.74) is 3.73. The fourth-order valence-electron chi connectivity index (χ4n) is 4.00. The van der Waals surface area contributed by atoms with Gasteiger partial charge >= 0.3 is 0 Å². The minimum absolute atomic E-state index is 0.157. The van der Waals surface area contributed by atoms with E-state index in [9.17, 15) is 10.2 Å². The number of aliphatic imine (C=N–C) groups is 2. The first kappa shape index (κ1) is 27.4. The van der Waals surface area contributed by atoms with Gasteiger partial charge in [0.2, 0.25) is 11.8 Å². The maximum absolute atomic E-state index is 9.78. The van der Waals surface area contributed by atoms with E-state index in [0.29, 0.717) is 24.8 Å². The lowest BCUT2D eigenvalue weighted by molar-refractivity contribution is 0.0666. The van der Waals surface area contributed by atoms with E-state index in [1.54, 1.807) is 14.2 Å². The molecule has 196 valence electrons. The van der Waals surface area contributed by atoms with Crippen molar-refractivity contribution in [2.24, 2.45) is 9.98 Å². The van der Waals surface area contributed by atoms with Gasteiger partial charge in [-0.2, -0.15) is 0 Å². The first-order chi connectivity index (χ1) is 17.3. The van der Waals surface area contributed by atoms with E-state index >= 15 is 0 Å². The molecule has 0 fully saturated rings. The van der Waals surface area contributed by atoms with E-state index in [2.05, 4.69) is 9.98 Å². The lowest BCUT2D eigenvalue weighted by Gasteiger charge is -2.10. The van der Waals surface area contributed by atoms with Gasteiger partial charge in [0.25, 0.3) is 0 Å². The van der Waals surface area contributed by atoms with Crippen molar-refractivity contribution in [3.63, 3.8) is 0 Å². The molecule has 2 aliphatic rings. The second kappa shape index (κ2) is 12.7. The van der Waals surface area contributed by atoms with E-state index in [1.807, 2.05) is 57.2 Å². The average molecular weight is 501 g/mol. The van der Waals surface area contributed by atoms with Crippen LogP contribution in [-0.4, -0.2) is 85.4 Å². The fourth-order valence-corrected chi connectivity index (χ4v) is 4.00. The molecule has 2 aliphatic heterocycles. The van der Waals surface area contributed by atoms with Crippen molar-refractivity contribution in [2.45, 2.75) is 51.5 Å². The largest absolute Gasteiger partial charge is 0.496 e. The van der Waals surface area contributed by atoms with E-state index in [-0.39, 0.29) is 19.3 Å². The summed E-state index contributed by atoms with van der Waals surface area (Å²) in [6.07, 6.45) is -0.635. The first-order valence-corrected chi connectivity index (χ1v) is 12.0. The molecule has 36 heavy (non-hydrogen) atoms. The van der Waals surface area contributed by atoms with Gasteiger partial charge in [-0.1, -0.05) is 19.1 Å². The molecule has 2 aromatic rings. The van der Waals surface area contributed by atoms with Crippen LogP contribution >= 0.6 is 0 Å². The fraction of sp³-hybridized carbons (Fsp3) is 0.481. The van der Waals surface area contributed by atoms with Gasteiger partial charge in [0.15, 0.2) is 0 Å². The quantitative estimate of drug-likeness (QED) is 0.509. The summed E-state index contributed by atoms with van der Waals surface area (Å²) in [6, 6.07) is 10.8. The van der Waals surface area contributed by atoms with Gasteiger partial charge in [-0.15, -0.1) is 0 Å². The molecule has 2 heterocycles. The molecule has 2 aromatic carbocycles. The van der Waals surface area contributed by atoms with Gasteiger partial charge in [-0.05, 0) is 44.5 Å². The monoisotopic (exact) mass is 500 g/mol. The number of aliphatic hydroxyl groups is 3. The Morgan fingerprint density at radius 3 is 1.67 bits per heavy atom. The van der Waals surface area contributed by atoms with Gasteiger partial charge < -0.3 is 34.3 Å². The van der Waals surface area contributed by atoms with Crippen LogP contribution in [0.3, 0.4) is 0 Å². The van der Waals surface area contributed by atoms with Crippen LogP contribution in [0.4, 0.5) is 0 Å². The van der Waals surface area contributed by atoms with Crippen LogP contribution in [0.5, 0.6) is 11.5 Å². The zero-order valence-electron chi connectivity index (χ0n) is 21.5. The highest BCUT2D eigenvalue weighted by Crippen LogP contribution is 2.26. The van der Waals surface area contributed by atoms with Crippen LogP contribution in [0.25, 0.3) is 0 Å². The molecule has 4 unspecified atom stereocenters. The molecule has 0 bridgehead atoms. The standard InChI is InChI=1S/C14H19NO3.C13H17NO4/c1-4-12(16)11-8-18-14(15-11)10-6-5-7-13(17-3)9(10)2;1-8-9(4-3-5-12(8)17-2)13-14-10(7-18-13)11(16)6-15/h5-7,11-12,16H,4,8H2,1-3H3;3-5,10-11,15-16H,6-7H2,1-2H3. The molecular formula is C27H36N2O7. The highest BCUT2D eigenvalue weighted by atomic mass is 16.5. The molecule has 3 N–H and O–H groups in total. The van der Waals surface area contributed by atoms with E-state index in [4.69, 9.17) is 24.1 Å². The zero-order chi connectivity index (χ0) is 26.2. The number of nitrogens with zero attached hydrogens (tertiary/aromatic N) is 2. The van der Waals surface area contributed by atoms with Gasteiger partial charge in [0.1, 0.15) is 42.9 Å². The number of methoxy groups -OCH3 is 2. The topological polar surface area (TPSA) is 122 Å². The Labute approximate surface area is 212 Å². The van der Waals surface area contributed by atoms with Crippen LogP contribution in [0.1, 0.15) is 35.6 Å². The van der Waals surface area contributed by atoms with E-state index in [1.165, 1.54) is 0 Å². The maximum atomic E-state index is 9.78. The summed E-state index contributed by atoms with van der Waals surface area (Å²) in [4.78, 5) is 8.75. The predicted molar refractivity (Wildman–Crippen MR) is 137 cm³/mol. The highest BCUT2D eigenvalue weighted by Gasteiger charge is 2.28. The molecule has 4 atom stereocenters. The summed E-state index contributed by atoms with van der Waals surface area (Å²) in [5, 5.41) is 28.2. The van der Waals surface area contributed by atoms with Crippen LogP contribution in [-0.2, 0) is 9.47 Å². The molecule has 9 heteroatoms. The van der Waals surface area contributed by atoms with Gasteiger partial charge in [-0.3, -0.25) is 0 Å². The molecule has 0 aromatic heterocycles. The number of hydrogen-bond donors (Lipinski definition) is 3. The van der Waals surface area contributed by atoms with Crippen molar-refractivity contribution in [1.29, 1.82) is 0 Å². The average Bonchev–Trinajstić information content (AvgIpc) is 3.59. The second-order valence-electron chi connectivity index (χ2n) is 8.62. The van der Waals surface area contributed by atoms with Gasteiger partial charge in [0, 0.05) is 22.3 Å². The Hall–Kier alpha value is -3.14. The number of rotatable bonds is 8. The summed E-state index contributed by atoms with van der Waals surface area (Å²) in [5.74, 6) is 2.68. The summed E-state index contributed by atoms with van der Waals surface area (Å²) in [6.45, 7) is 6.26. The van der Waals surface area contributed by atoms with E-state index < -0.39 is 18.2 Å². The van der Waals surface area contributed by atoms with E-state index in [0.717, 1.165) is 33.8 Å². The van der Waals surface area contributed by atoms with Crippen molar-refractivity contribution in [2.75, 3.05) is 34.0 Å². The smallest absolute Gasteiger partial charge is 0.217 e. The molecule has 0 saturated heterocycles. The minimum atomic E-state index is -0.881. The Balaban J connectivity index is 0.000000201. The van der Waals surface area contributed by atoms with Crippen molar-refractivity contribution in [1.82, 2.24) is 0 Å². The van der Waals surface area contributed by atoms with Crippen LogP contribution in [0, 0.1) is 13.8 Å². The molecule has 0 radical (unpaired) electrons. The molecule has 9 nitrogen and oxygen atoms in total. The molecule has 4 rings (SSSR count). The molecule has 0 amide bonds. The SMILES string of the molecule is CCC(O)C1COC(c2cccc(OC)c2C)=N1.COc1cccc(C2=NC(C(O)CO)CO2)c1C. The molecular weight excluding hydrogens is 464 g/mol. The molecule has 0 aliphatic carbocycles. The van der Waals surface area contributed by atoms with Crippen molar-refractivity contribution >= 4 is 11.8 Å². The van der Waals surface area contributed by atoms with Gasteiger partial charge in [0.05, 0.1) is 26.9 Å². The van der Waals surface area contributed by atoms with Crippen molar-refractivity contribution in [3.8, 4) is 11.5 Å². The van der Waals surface area contributed by atoms with Crippen LogP contribution in [0.15, 0.2) is 46.4 Å². The minimum Gasteiger partial charge on any atom is -0.496 e. The van der Waals surface area contributed by atoms with Crippen LogP contribution < -0.4 is 9.47 Å². The highest BCUT2D eigenvalue weighted by molar-refractivity contribution is 5.97. The third-order valence-corrected chi connectivity index (χ3v) is 6.31. The Morgan fingerprint density at radius 2 is 1.28 bits per heavy atom.